The van der Waals surface area contributed by atoms with Crippen LogP contribution in [0.3, 0.4) is 0 Å². The van der Waals surface area contributed by atoms with Crippen molar-refractivity contribution in [1.82, 2.24) is 5.32 Å². The zero-order valence-electron chi connectivity index (χ0n) is 11.0. The van der Waals surface area contributed by atoms with E-state index in [9.17, 15) is 4.79 Å². The van der Waals surface area contributed by atoms with Gasteiger partial charge in [0.15, 0.2) is 5.78 Å². The molecule has 1 aliphatic carbocycles. The summed E-state index contributed by atoms with van der Waals surface area (Å²) in [7, 11) is 0. The average Bonchev–Trinajstić information content (AvgIpc) is 2.75. The van der Waals surface area contributed by atoms with Crippen LogP contribution in [0.1, 0.15) is 54.4 Å². The van der Waals surface area contributed by atoms with Gasteiger partial charge in [0.1, 0.15) is 0 Å². The summed E-state index contributed by atoms with van der Waals surface area (Å²) < 4.78 is 0. The summed E-state index contributed by atoms with van der Waals surface area (Å²) >= 11 is 0. The Kier molecular flexibility index (Phi) is 3.30. The van der Waals surface area contributed by atoms with Crippen LogP contribution in [0, 0.1) is 11.3 Å². The van der Waals surface area contributed by atoms with Gasteiger partial charge in [0, 0.05) is 11.5 Å². The Labute approximate surface area is 93.8 Å². The van der Waals surface area contributed by atoms with Crippen molar-refractivity contribution in [3.05, 3.63) is 0 Å². The fraction of sp³-hybridized carbons (Fsp3) is 0.923. The molecular formula is C13H25NO. The van der Waals surface area contributed by atoms with E-state index < -0.39 is 0 Å². The van der Waals surface area contributed by atoms with E-state index in [-0.39, 0.29) is 11.0 Å². The molecule has 2 heteroatoms. The average molecular weight is 211 g/mol. The normalized spacial score (nSPS) is 30.7. The second-order valence-corrected chi connectivity index (χ2v) is 6.16. The highest BCUT2D eigenvalue weighted by atomic mass is 16.1. The molecule has 0 spiro atoms. The summed E-state index contributed by atoms with van der Waals surface area (Å²) in [5.74, 6) is 0.933. The molecule has 0 saturated heterocycles. The topological polar surface area (TPSA) is 29.1 Å². The van der Waals surface area contributed by atoms with E-state index in [1.165, 1.54) is 0 Å². The first-order valence-corrected chi connectivity index (χ1v) is 6.06. The largest absolute Gasteiger partial charge is 0.302 e. The third kappa shape index (κ3) is 2.41. The lowest BCUT2D eigenvalue weighted by Crippen LogP contribution is -2.49. The lowest BCUT2D eigenvalue weighted by Gasteiger charge is -2.28. The smallest absolute Gasteiger partial charge is 0.158 e. The maximum Gasteiger partial charge on any atom is 0.158 e. The van der Waals surface area contributed by atoms with E-state index in [0.717, 1.165) is 12.8 Å². The van der Waals surface area contributed by atoms with E-state index >= 15 is 0 Å². The molecule has 1 rings (SSSR count). The van der Waals surface area contributed by atoms with Crippen LogP contribution in [-0.2, 0) is 4.79 Å². The summed E-state index contributed by atoms with van der Waals surface area (Å²) in [6, 6.07) is 0.382. The molecule has 0 aromatic carbocycles. The minimum atomic E-state index is -0.230. The zero-order valence-corrected chi connectivity index (χ0v) is 11.0. The Morgan fingerprint density at radius 3 is 2.27 bits per heavy atom. The van der Waals surface area contributed by atoms with Crippen LogP contribution < -0.4 is 5.32 Å². The number of rotatable bonds is 4. The Morgan fingerprint density at radius 2 is 2.00 bits per heavy atom. The SMILES string of the molecule is CCC1CC1(NC(C)C)C(=O)C(C)(C)C. The van der Waals surface area contributed by atoms with Crippen molar-refractivity contribution in [2.75, 3.05) is 0 Å². The van der Waals surface area contributed by atoms with Crippen molar-refractivity contribution >= 4 is 5.78 Å². The number of nitrogens with one attached hydrogen (secondary N) is 1. The second-order valence-electron chi connectivity index (χ2n) is 6.16. The number of hydrogen-bond acceptors (Lipinski definition) is 2. The molecule has 0 aromatic heterocycles. The van der Waals surface area contributed by atoms with Crippen molar-refractivity contribution in [1.29, 1.82) is 0 Å². The third-order valence-corrected chi connectivity index (χ3v) is 3.23. The van der Waals surface area contributed by atoms with Crippen LogP contribution in [0.15, 0.2) is 0 Å². The van der Waals surface area contributed by atoms with Crippen molar-refractivity contribution in [3.8, 4) is 0 Å². The Hall–Kier alpha value is -0.370. The maximum atomic E-state index is 12.4. The number of carbonyl (C=O) groups excluding carboxylic acids is 1. The molecule has 2 unspecified atom stereocenters. The standard InChI is InChI=1S/C13H25NO/c1-7-10-8-13(10,14-9(2)3)11(15)12(4,5)6/h9-10,14H,7-8H2,1-6H3. The zero-order chi connectivity index (χ0) is 11.9. The van der Waals surface area contributed by atoms with Gasteiger partial charge in [-0.15, -0.1) is 0 Å². The minimum absolute atomic E-state index is 0.207. The summed E-state index contributed by atoms with van der Waals surface area (Å²) in [6.07, 6.45) is 2.12. The van der Waals surface area contributed by atoms with Crippen LogP contribution in [0.4, 0.5) is 0 Å². The van der Waals surface area contributed by atoms with Gasteiger partial charge in [-0.3, -0.25) is 4.79 Å². The first-order chi connectivity index (χ1) is 6.74. The van der Waals surface area contributed by atoms with Crippen molar-refractivity contribution in [2.24, 2.45) is 11.3 Å². The molecule has 0 bridgehead atoms. The highest BCUT2D eigenvalue weighted by Gasteiger charge is 2.60. The number of Topliss-reactive ketones (excluding diaryl/α,β-unsaturated/α-hetero) is 1. The minimum Gasteiger partial charge on any atom is -0.302 e. The predicted octanol–water partition coefficient (Wildman–Crippen LogP) is 2.77. The fourth-order valence-electron chi connectivity index (χ4n) is 2.53. The van der Waals surface area contributed by atoms with Gasteiger partial charge in [0.2, 0.25) is 0 Å². The summed E-state index contributed by atoms with van der Waals surface area (Å²) in [5.41, 5.74) is -0.438. The van der Waals surface area contributed by atoms with Gasteiger partial charge in [-0.1, -0.05) is 34.1 Å². The molecule has 2 nitrogen and oxygen atoms in total. The molecule has 0 aliphatic heterocycles. The lowest BCUT2D eigenvalue weighted by molar-refractivity contribution is -0.130. The van der Waals surface area contributed by atoms with Crippen molar-refractivity contribution in [2.45, 2.75) is 66.0 Å². The van der Waals surface area contributed by atoms with Gasteiger partial charge in [0.05, 0.1) is 5.54 Å². The van der Waals surface area contributed by atoms with Crippen LogP contribution >= 0.6 is 0 Å². The van der Waals surface area contributed by atoms with Gasteiger partial charge in [-0.25, -0.2) is 0 Å². The molecule has 1 N–H and O–H groups in total. The Morgan fingerprint density at radius 1 is 1.47 bits per heavy atom. The first kappa shape index (κ1) is 12.7. The van der Waals surface area contributed by atoms with E-state index in [2.05, 4.69) is 26.1 Å². The molecule has 1 fully saturated rings. The van der Waals surface area contributed by atoms with Crippen LogP contribution in [-0.4, -0.2) is 17.4 Å². The van der Waals surface area contributed by atoms with Crippen LogP contribution in [0.5, 0.6) is 0 Å². The van der Waals surface area contributed by atoms with E-state index in [4.69, 9.17) is 0 Å². The maximum absolute atomic E-state index is 12.4. The van der Waals surface area contributed by atoms with E-state index in [0.29, 0.717) is 17.7 Å². The quantitative estimate of drug-likeness (QED) is 0.774. The highest BCUT2D eigenvalue weighted by Crippen LogP contribution is 2.50. The number of carbonyl (C=O) groups is 1. The van der Waals surface area contributed by atoms with Gasteiger partial charge in [-0.2, -0.15) is 0 Å². The Balaban J connectivity index is 2.81. The number of hydrogen-bond donors (Lipinski definition) is 1. The van der Waals surface area contributed by atoms with E-state index in [1.807, 2.05) is 20.8 Å². The Bertz CT molecular complexity index is 252. The molecule has 2 atom stereocenters. The molecule has 1 saturated carbocycles. The van der Waals surface area contributed by atoms with Gasteiger partial charge in [-0.05, 0) is 26.2 Å². The second kappa shape index (κ2) is 3.89. The first-order valence-electron chi connectivity index (χ1n) is 6.06. The molecule has 15 heavy (non-hydrogen) atoms. The number of ketones is 1. The van der Waals surface area contributed by atoms with Crippen molar-refractivity contribution in [3.63, 3.8) is 0 Å². The third-order valence-electron chi connectivity index (χ3n) is 3.23. The molecular weight excluding hydrogens is 186 g/mol. The molecule has 1 aliphatic rings. The fourth-order valence-corrected chi connectivity index (χ4v) is 2.53. The predicted molar refractivity (Wildman–Crippen MR) is 63.9 cm³/mol. The van der Waals surface area contributed by atoms with Gasteiger partial charge >= 0.3 is 0 Å². The summed E-state index contributed by atoms with van der Waals surface area (Å²) in [4.78, 5) is 12.4. The van der Waals surface area contributed by atoms with E-state index in [1.54, 1.807) is 0 Å². The molecule has 0 aromatic rings. The lowest BCUT2D eigenvalue weighted by atomic mass is 9.83. The summed E-state index contributed by atoms with van der Waals surface area (Å²) in [6.45, 7) is 12.5. The molecule has 0 heterocycles. The molecule has 0 radical (unpaired) electrons. The van der Waals surface area contributed by atoms with Gasteiger partial charge in [0.25, 0.3) is 0 Å². The highest BCUT2D eigenvalue weighted by molar-refractivity contribution is 5.96. The molecule has 88 valence electrons. The molecule has 0 amide bonds. The monoisotopic (exact) mass is 211 g/mol. The van der Waals surface area contributed by atoms with Crippen LogP contribution in [0.2, 0.25) is 0 Å². The summed E-state index contributed by atoms with van der Waals surface area (Å²) in [5, 5.41) is 3.49. The van der Waals surface area contributed by atoms with Crippen LogP contribution in [0.25, 0.3) is 0 Å². The van der Waals surface area contributed by atoms with Gasteiger partial charge < -0.3 is 5.32 Å². The van der Waals surface area contributed by atoms with Crippen molar-refractivity contribution < 1.29 is 4.79 Å².